The van der Waals surface area contributed by atoms with Crippen LogP contribution in [0.4, 0.5) is 5.69 Å². The second kappa shape index (κ2) is 8.33. The summed E-state index contributed by atoms with van der Waals surface area (Å²) in [5.74, 6) is -0.336. The Morgan fingerprint density at radius 3 is 2.12 bits per heavy atom. The van der Waals surface area contributed by atoms with Crippen molar-refractivity contribution in [3.05, 3.63) is 28.2 Å². The highest BCUT2D eigenvalue weighted by Gasteiger charge is 2.34. The maximum absolute atomic E-state index is 12.3. The van der Waals surface area contributed by atoms with Gasteiger partial charge in [0, 0.05) is 12.0 Å². The van der Waals surface area contributed by atoms with Gasteiger partial charge in [-0.05, 0) is 58.6 Å². The lowest BCUT2D eigenvalue weighted by molar-refractivity contribution is -0.125. The summed E-state index contributed by atoms with van der Waals surface area (Å²) < 4.78 is 26.4. The quantitative estimate of drug-likeness (QED) is 0.632. The van der Waals surface area contributed by atoms with Crippen molar-refractivity contribution >= 4 is 44.8 Å². The molecule has 26 heavy (non-hydrogen) atoms. The monoisotopic (exact) mass is 421 g/mol. The van der Waals surface area contributed by atoms with Crippen LogP contribution in [0.15, 0.2) is 18.2 Å². The molecule has 0 heterocycles. The van der Waals surface area contributed by atoms with Gasteiger partial charge >= 0.3 is 0 Å². The maximum Gasteiger partial charge on any atom is 0.241 e. The maximum atomic E-state index is 12.3. The molecule has 1 aliphatic rings. The highest BCUT2D eigenvalue weighted by atomic mass is 35.5. The van der Waals surface area contributed by atoms with Crippen LogP contribution in [0.3, 0.4) is 0 Å². The Hall–Kier alpha value is -1.02. The molecule has 6 nitrogen and oxygen atoms in total. The van der Waals surface area contributed by atoms with Crippen LogP contribution in [0.2, 0.25) is 10.0 Å². The molecule has 0 radical (unpaired) electrons. The van der Waals surface area contributed by atoms with Crippen LogP contribution in [0.1, 0.15) is 46.5 Å². The molecule has 1 aliphatic carbocycles. The number of carbonyl (C=O) groups is 1. The first-order valence-electron chi connectivity index (χ1n) is 8.53. The molecular weight excluding hydrogens is 397 g/mol. The summed E-state index contributed by atoms with van der Waals surface area (Å²) in [4.78, 5) is 12.3. The molecule has 1 aromatic rings. The molecule has 2 rings (SSSR count). The number of para-hydroxylation sites is 1. The summed E-state index contributed by atoms with van der Waals surface area (Å²) in [5.41, 5.74) is 5.87. The number of nitrogens with one attached hydrogen (secondary N) is 3. The number of hydrogen-bond donors (Lipinski definition) is 3. The second-order valence-electron chi connectivity index (χ2n) is 7.49. The van der Waals surface area contributed by atoms with Gasteiger partial charge in [0.1, 0.15) is 0 Å². The van der Waals surface area contributed by atoms with Gasteiger partial charge in [-0.1, -0.05) is 29.3 Å². The number of anilines is 1. The Morgan fingerprint density at radius 1 is 1.08 bits per heavy atom. The lowest BCUT2D eigenvalue weighted by atomic mass is 9.86. The summed E-state index contributed by atoms with van der Waals surface area (Å²) in [6, 6.07) is 4.94. The predicted molar refractivity (Wildman–Crippen MR) is 106 cm³/mol. The van der Waals surface area contributed by atoms with Crippen LogP contribution >= 0.6 is 23.2 Å². The highest BCUT2D eigenvalue weighted by Crippen LogP contribution is 2.30. The van der Waals surface area contributed by atoms with Crippen molar-refractivity contribution in [2.45, 2.75) is 57.2 Å². The largest absolute Gasteiger partial charge is 0.296 e. The van der Waals surface area contributed by atoms with E-state index < -0.39 is 14.8 Å². The average Bonchev–Trinajstić information content (AvgIpc) is 2.53. The van der Waals surface area contributed by atoms with Gasteiger partial charge in [-0.3, -0.25) is 15.6 Å². The molecule has 3 N–H and O–H groups in total. The van der Waals surface area contributed by atoms with E-state index in [1.54, 1.807) is 39.0 Å². The summed E-state index contributed by atoms with van der Waals surface area (Å²) >= 11 is 12.1. The minimum Gasteiger partial charge on any atom is -0.296 e. The Labute approximate surface area is 165 Å². The number of halogens is 2. The van der Waals surface area contributed by atoms with Crippen molar-refractivity contribution < 1.29 is 13.2 Å². The third-order valence-corrected chi connectivity index (χ3v) is 7.39. The minimum absolute atomic E-state index is 0.130. The van der Waals surface area contributed by atoms with Crippen LogP contribution in [-0.4, -0.2) is 25.1 Å². The molecule has 0 spiro atoms. The molecule has 0 saturated heterocycles. The first kappa shape index (κ1) is 21.3. The van der Waals surface area contributed by atoms with E-state index in [1.807, 2.05) is 0 Å². The van der Waals surface area contributed by atoms with Gasteiger partial charge in [0.2, 0.25) is 15.9 Å². The standard InChI is InChI=1S/C17H25Cl2N3O3S/c1-17(2,3)26(24,25)22-12-9-7-11(8-10-12)16(23)21-20-15-13(18)5-4-6-14(15)19/h4-6,11-12,20,22H,7-10H2,1-3H3,(H,21,23)/t11-,12-. The van der Waals surface area contributed by atoms with Gasteiger partial charge in [-0.15, -0.1) is 0 Å². The predicted octanol–water partition coefficient (Wildman–Crippen LogP) is 3.71. The third-order valence-electron chi connectivity index (χ3n) is 4.50. The van der Waals surface area contributed by atoms with Crippen molar-refractivity contribution in [1.29, 1.82) is 0 Å². The van der Waals surface area contributed by atoms with Crippen molar-refractivity contribution in [2.75, 3.05) is 5.43 Å². The fraction of sp³-hybridized carbons (Fsp3) is 0.588. The molecule has 1 amide bonds. The van der Waals surface area contributed by atoms with Gasteiger partial charge in [-0.2, -0.15) is 0 Å². The summed E-state index contributed by atoms with van der Waals surface area (Å²) in [7, 11) is -3.38. The number of benzene rings is 1. The van der Waals surface area contributed by atoms with E-state index in [0.29, 0.717) is 41.4 Å². The van der Waals surface area contributed by atoms with Crippen LogP contribution < -0.4 is 15.6 Å². The highest BCUT2D eigenvalue weighted by molar-refractivity contribution is 7.90. The molecule has 1 saturated carbocycles. The van der Waals surface area contributed by atoms with E-state index in [9.17, 15) is 13.2 Å². The van der Waals surface area contributed by atoms with Gasteiger partial charge < -0.3 is 0 Å². The van der Waals surface area contributed by atoms with Crippen molar-refractivity contribution in [3.8, 4) is 0 Å². The number of rotatable bonds is 5. The molecule has 1 aromatic carbocycles. The fourth-order valence-corrected chi connectivity index (χ4v) is 4.23. The third kappa shape index (κ3) is 5.25. The Balaban J connectivity index is 1.85. The molecule has 9 heteroatoms. The smallest absolute Gasteiger partial charge is 0.241 e. The van der Waals surface area contributed by atoms with E-state index in [4.69, 9.17) is 23.2 Å². The Morgan fingerprint density at radius 2 is 1.62 bits per heavy atom. The van der Waals surface area contributed by atoms with E-state index >= 15 is 0 Å². The lowest BCUT2D eigenvalue weighted by Crippen LogP contribution is -2.47. The van der Waals surface area contributed by atoms with Crippen molar-refractivity contribution in [3.63, 3.8) is 0 Å². The summed E-state index contributed by atoms with van der Waals surface area (Å²) in [6.07, 6.45) is 2.47. The molecule has 0 aliphatic heterocycles. The van der Waals surface area contributed by atoms with E-state index in [-0.39, 0.29) is 17.9 Å². The van der Waals surface area contributed by atoms with Gasteiger partial charge in [0.15, 0.2) is 0 Å². The normalized spacial score (nSPS) is 21.3. The van der Waals surface area contributed by atoms with Crippen LogP contribution in [0.5, 0.6) is 0 Å². The zero-order chi connectivity index (χ0) is 19.5. The van der Waals surface area contributed by atoms with Crippen molar-refractivity contribution in [1.82, 2.24) is 10.1 Å². The molecule has 0 atom stereocenters. The molecule has 0 unspecified atom stereocenters. The topological polar surface area (TPSA) is 87.3 Å². The molecule has 146 valence electrons. The van der Waals surface area contributed by atoms with Gasteiger partial charge in [0.25, 0.3) is 0 Å². The van der Waals surface area contributed by atoms with Gasteiger partial charge in [-0.25, -0.2) is 13.1 Å². The average molecular weight is 422 g/mol. The molecular formula is C17H25Cl2N3O3S. The van der Waals surface area contributed by atoms with Crippen LogP contribution in [0, 0.1) is 5.92 Å². The van der Waals surface area contributed by atoms with E-state index in [1.165, 1.54) is 0 Å². The second-order valence-corrected chi connectivity index (χ2v) is 10.8. The SMILES string of the molecule is CC(C)(C)S(=O)(=O)N[C@H]1CC[C@H](C(=O)NNc2c(Cl)cccc2Cl)CC1. The first-order valence-corrected chi connectivity index (χ1v) is 10.8. The van der Waals surface area contributed by atoms with Crippen molar-refractivity contribution in [2.24, 2.45) is 5.92 Å². The Kier molecular flexibility index (Phi) is 6.82. The Bertz CT molecular complexity index is 735. The number of carbonyl (C=O) groups excluding carboxylic acids is 1. The number of amides is 1. The van der Waals surface area contributed by atoms with E-state index in [0.717, 1.165) is 0 Å². The summed E-state index contributed by atoms with van der Waals surface area (Å²) in [5, 5.41) is 0.830. The van der Waals surface area contributed by atoms with Crippen LogP contribution in [-0.2, 0) is 14.8 Å². The minimum atomic E-state index is -3.38. The fourth-order valence-electron chi connectivity index (χ4n) is 2.71. The molecule has 0 aromatic heterocycles. The molecule has 0 bridgehead atoms. The zero-order valence-electron chi connectivity index (χ0n) is 15.1. The van der Waals surface area contributed by atoms with E-state index in [2.05, 4.69) is 15.6 Å². The van der Waals surface area contributed by atoms with Crippen LogP contribution in [0.25, 0.3) is 0 Å². The summed E-state index contributed by atoms with van der Waals surface area (Å²) in [6.45, 7) is 5.00. The number of sulfonamides is 1. The first-order chi connectivity index (χ1) is 12.0. The number of hydrazine groups is 1. The zero-order valence-corrected chi connectivity index (χ0v) is 17.4. The number of hydrogen-bond acceptors (Lipinski definition) is 4. The molecule has 1 fully saturated rings. The lowest BCUT2D eigenvalue weighted by Gasteiger charge is -2.30. The van der Waals surface area contributed by atoms with Gasteiger partial charge in [0.05, 0.1) is 20.5 Å².